The van der Waals surface area contributed by atoms with Crippen LogP contribution in [0, 0.1) is 3.57 Å². The van der Waals surface area contributed by atoms with Crippen LogP contribution in [-0.2, 0) is 11.2 Å². The number of halogens is 1. The highest BCUT2D eigenvalue weighted by atomic mass is 127. The first-order valence-electron chi connectivity index (χ1n) is 6.19. The van der Waals surface area contributed by atoms with Crippen LogP contribution >= 0.6 is 22.6 Å². The zero-order valence-electron chi connectivity index (χ0n) is 11.0. The van der Waals surface area contributed by atoms with Crippen LogP contribution in [0.15, 0.2) is 42.5 Å². The van der Waals surface area contributed by atoms with Crippen LogP contribution in [-0.4, -0.2) is 22.2 Å². The van der Waals surface area contributed by atoms with Gasteiger partial charge in [0, 0.05) is 0 Å². The summed E-state index contributed by atoms with van der Waals surface area (Å²) in [5.41, 5.74) is 6.32. The number of aliphatic carboxylic acids is 1. The van der Waals surface area contributed by atoms with Crippen molar-refractivity contribution in [2.24, 2.45) is 5.73 Å². The Morgan fingerprint density at radius 1 is 1.19 bits per heavy atom. The zero-order chi connectivity index (χ0) is 15.4. The lowest BCUT2D eigenvalue weighted by molar-refractivity contribution is -0.138. The molecule has 0 saturated carbocycles. The lowest BCUT2D eigenvalue weighted by atomic mass is 10.1. The second-order valence-corrected chi connectivity index (χ2v) is 5.67. The number of carboxylic acids is 1. The zero-order valence-corrected chi connectivity index (χ0v) is 13.1. The molecular formula is C15H14INO4. The van der Waals surface area contributed by atoms with Crippen molar-refractivity contribution in [2.45, 2.75) is 12.5 Å². The molecule has 2 aromatic carbocycles. The first-order valence-corrected chi connectivity index (χ1v) is 7.27. The second-order valence-electron chi connectivity index (χ2n) is 4.51. The number of phenols is 1. The Morgan fingerprint density at radius 3 is 2.38 bits per heavy atom. The minimum Gasteiger partial charge on any atom is -0.507 e. The number of hydrogen-bond donors (Lipinski definition) is 3. The van der Waals surface area contributed by atoms with Crippen molar-refractivity contribution in [2.75, 3.05) is 0 Å². The van der Waals surface area contributed by atoms with E-state index in [1.165, 1.54) is 0 Å². The van der Waals surface area contributed by atoms with Gasteiger partial charge in [-0.2, -0.15) is 0 Å². The van der Waals surface area contributed by atoms with Gasteiger partial charge in [0.05, 0.1) is 3.57 Å². The van der Waals surface area contributed by atoms with Crippen molar-refractivity contribution in [1.82, 2.24) is 0 Å². The second kappa shape index (κ2) is 6.77. The number of ether oxygens (including phenoxy) is 1. The molecule has 0 heterocycles. The summed E-state index contributed by atoms with van der Waals surface area (Å²) in [6.45, 7) is 0. The molecule has 110 valence electrons. The SMILES string of the molecule is N[C@@H](Cc1ccc(O[13c]2[13cH][13cH][13c](O)[13c](I)[13cH]2)cc1)C(=O)O. The van der Waals surface area contributed by atoms with Gasteiger partial charge in [0.25, 0.3) is 0 Å². The number of carboxylic acid groups (broad SMARTS) is 1. The average Bonchev–Trinajstić information content (AvgIpc) is 2.45. The van der Waals surface area contributed by atoms with E-state index in [1.807, 2.05) is 22.6 Å². The highest BCUT2D eigenvalue weighted by molar-refractivity contribution is 14.1. The molecule has 0 amide bonds. The van der Waals surface area contributed by atoms with E-state index in [-0.39, 0.29) is 12.2 Å². The van der Waals surface area contributed by atoms with Crippen molar-refractivity contribution >= 4 is 28.6 Å². The monoisotopic (exact) mass is 405 g/mol. The molecule has 0 unspecified atom stereocenters. The summed E-state index contributed by atoms with van der Waals surface area (Å²) in [6, 6.07) is 11.1. The molecule has 0 saturated heterocycles. The standard InChI is InChI=1S/C15H14INO4/c16-12-8-11(5-6-14(12)18)21-10-3-1-9(2-4-10)7-13(17)15(19)20/h1-6,8,13,18H,7,17H2,(H,19,20)/t13-/m0/s1/i5+1,6+1,8+1,11+1,12+1,14+1. The Hall–Kier alpha value is -1.80. The molecule has 0 spiro atoms. The molecule has 5 nitrogen and oxygen atoms in total. The number of aromatic hydroxyl groups is 1. The summed E-state index contributed by atoms with van der Waals surface area (Å²) < 4.78 is 6.36. The quantitative estimate of drug-likeness (QED) is 0.666. The van der Waals surface area contributed by atoms with Crippen LogP contribution in [0.4, 0.5) is 0 Å². The van der Waals surface area contributed by atoms with Gasteiger partial charge in [-0.15, -0.1) is 0 Å². The van der Waals surface area contributed by atoms with Crippen molar-refractivity contribution in [3.63, 3.8) is 0 Å². The molecule has 2 aromatic rings. The van der Waals surface area contributed by atoms with Gasteiger partial charge in [-0.1, -0.05) is 12.1 Å². The van der Waals surface area contributed by atoms with Gasteiger partial charge >= 0.3 is 5.97 Å². The van der Waals surface area contributed by atoms with Gasteiger partial charge in [0.1, 0.15) is 23.3 Å². The summed E-state index contributed by atoms with van der Waals surface area (Å²) in [6.07, 6.45) is 0.271. The minimum atomic E-state index is -1.02. The molecule has 4 N–H and O–H groups in total. The van der Waals surface area contributed by atoms with E-state index in [9.17, 15) is 9.90 Å². The molecule has 6 heteroatoms. The predicted molar refractivity (Wildman–Crippen MR) is 86.7 cm³/mol. The molecule has 0 aliphatic rings. The van der Waals surface area contributed by atoms with E-state index in [2.05, 4.69) is 0 Å². The van der Waals surface area contributed by atoms with Crippen molar-refractivity contribution in [1.29, 1.82) is 0 Å². The van der Waals surface area contributed by atoms with Gasteiger partial charge in [-0.3, -0.25) is 4.79 Å². The Bertz CT molecular complexity index is 643. The van der Waals surface area contributed by atoms with Crippen LogP contribution in [0.25, 0.3) is 0 Å². The Morgan fingerprint density at radius 2 is 1.81 bits per heavy atom. The summed E-state index contributed by atoms with van der Waals surface area (Å²) in [5, 5.41) is 18.2. The molecule has 2 rings (SSSR count). The largest absolute Gasteiger partial charge is 0.507 e. The Balaban J connectivity index is 2.05. The van der Waals surface area contributed by atoms with E-state index < -0.39 is 12.0 Å². The van der Waals surface area contributed by atoms with Gasteiger partial charge in [0.15, 0.2) is 0 Å². The maximum atomic E-state index is 10.7. The van der Waals surface area contributed by atoms with Crippen LogP contribution in [0.3, 0.4) is 0 Å². The summed E-state index contributed by atoms with van der Waals surface area (Å²) >= 11 is 2.02. The van der Waals surface area contributed by atoms with E-state index >= 15 is 0 Å². The number of nitrogens with two attached hydrogens (primary N) is 1. The fourth-order valence-electron chi connectivity index (χ4n) is 1.72. The molecule has 21 heavy (non-hydrogen) atoms. The maximum absolute atomic E-state index is 10.7. The summed E-state index contributed by atoms with van der Waals surface area (Å²) in [4.78, 5) is 10.7. The normalized spacial score (nSPS) is 11.9. The minimum absolute atomic E-state index is 0.209. The number of benzene rings is 2. The van der Waals surface area contributed by atoms with Crippen molar-refractivity contribution < 1.29 is 19.7 Å². The van der Waals surface area contributed by atoms with Gasteiger partial charge in [0.2, 0.25) is 0 Å². The van der Waals surface area contributed by atoms with E-state index in [0.29, 0.717) is 15.1 Å². The van der Waals surface area contributed by atoms with E-state index in [4.69, 9.17) is 15.6 Å². The third-order valence-corrected chi connectivity index (χ3v) is 3.72. The van der Waals surface area contributed by atoms with E-state index in [0.717, 1.165) is 5.56 Å². The van der Waals surface area contributed by atoms with Crippen LogP contribution < -0.4 is 10.5 Å². The predicted octanol–water partition coefficient (Wildman–Crippen LogP) is 2.74. The molecule has 0 aliphatic carbocycles. The van der Waals surface area contributed by atoms with E-state index in [1.54, 1.807) is 42.5 Å². The first-order chi connectivity index (χ1) is 9.95. The van der Waals surface area contributed by atoms with Crippen LogP contribution in [0.1, 0.15) is 5.56 Å². The summed E-state index contributed by atoms with van der Waals surface area (Å²) in [7, 11) is 0. The van der Waals surface area contributed by atoms with Gasteiger partial charge in [-0.25, -0.2) is 0 Å². The molecule has 0 aliphatic heterocycles. The van der Waals surface area contributed by atoms with Crippen LogP contribution in [0.5, 0.6) is 17.2 Å². The maximum Gasteiger partial charge on any atom is 0.320 e. The lowest BCUT2D eigenvalue weighted by Crippen LogP contribution is -2.32. The lowest BCUT2D eigenvalue weighted by Gasteiger charge is -2.09. The van der Waals surface area contributed by atoms with Gasteiger partial charge in [-0.05, 0) is 64.9 Å². The van der Waals surface area contributed by atoms with Crippen molar-refractivity contribution in [3.8, 4) is 17.2 Å². The molecular weight excluding hydrogens is 391 g/mol. The molecule has 0 aromatic heterocycles. The fraction of sp³-hybridized carbons (Fsp3) is 0.133. The Kier molecular flexibility index (Phi) is 5.03. The average molecular weight is 405 g/mol. The smallest absolute Gasteiger partial charge is 0.320 e. The van der Waals surface area contributed by atoms with Crippen molar-refractivity contribution in [3.05, 3.63) is 51.6 Å². The number of rotatable bonds is 5. The highest BCUT2D eigenvalue weighted by Crippen LogP contribution is 2.28. The van der Waals surface area contributed by atoms with Gasteiger partial charge < -0.3 is 20.7 Å². The number of phenolic OH excluding ortho intramolecular Hbond substituents is 1. The first kappa shape index (κ1) is 15.6. The number of hydrogen-bond acceptors (Lipinski definition) is 4. The third-order valence-electron chi connectivity index (χ3n) is 2.85. The topological polar surface area (TPSA) is 92.8 Å². The molecule has 0 radical (unpaired) electrons. The summed E-state index contributed by atoms with van der Waals surface area (Å²) in [5.74, 6) is 0.436. The van der Waals surface area contributed by atoms with Crippen LogP contribution in [0.2, 0.25) is 0 Å². The third kappa shape index (κ3) is 4.33. The highest BCUT2D eigenvalue weighted by Gasteiger charge is 2.12. The Labute approximate surface area is 135 Å². The molecule has 0 fully saturated rings. The molecule has 1 atom stereocenters. The molecule has 0 bridgehead atoms. The number of carbonyl (C=O) groups is 1. The fourth-order valence-corrected chi connectivity index (χ4v) is 2.21.